The van der Waals surface area contributed by atoms with Crippen LogP contribution in [0, 0.1) is 0 Å². The molecule has 0 saturated carbocycles. The van der Waals surface area contributed by atoms with Crippen LogP contribution in [-0.2, 0) is 0 Å². The van der Waals surface area contributed by atoms with Crippen molar-refractivity contribution in [3.63, 3.8) is 0 Å². The molecular formula is C56H39N2+. The highest BCUT2D eigenvalue weighted by Gasteiger charge is 2.42. The fraction of sp³-hybridized carbons (Fsp3) is 0. The summed E-state index contributed by atoms with van der Waals surface area (Å²) in [6, 6.07) is 86.5. The maximum atomic E-state index is 2.38. The summed E-state index contributed by atoms with van der Waals surface area (Å²) in [7, 11) is 0. The molecule has 2 nitrogen and oxygen atoms in total. The predicted octanol–water partition coefficient (Wildman–Crippen LogP) is 15.7. The number of quaternary nitrogens is 1. The molecule has 0 saturated heterocycles. The standard InChI is InChI=1S/C56H39N2/c1-5-19-41(20-6-1)55-48-28-13-15-30-50(48)56(51-31-16-14-29-49(51)55)58(44-23-9-3-10-24-44,45-25-11-4-12-26-45)46-36-33-40(34-37-46)42-35-38-54-52(39-42)47-27-17-18-32-53(47)57(54)43-21-7-2-8-22-43/h1-39H/q+1. The molecule has 272 valence electrons. The second-order valence-electron chi connectivity index (χ2n) is 15.0. The summed E-state index contributed by atoms with van der Waals surface area (Å²) >= 11 is 0. The van der Waals surface area contributed by atoms with Crippen LogP contribution in [0.5, 0.6) is 0 Å². The van der Waals surface area contributed by atoms with E-state index >= 15 is 0 Å². The van der Waals surface area contributed by atoms with Gasteiger partial charge in [-0.2, -0.15) is 4.48 Å². The maximum Gasteiger partial charge on any atom is 0.164 e. The van der Waals surface area contributed by atoms with E-state index in [1.54, 1.807) is 0 Å². The first-order chi connectivity index (χ1) is 28.8. The van der Waals surface area contributed by atoms with Gasteiger partial charge in [0.05, 0.1) is 11.0 Å². The van der Waals surface area contributed by atoms with E-state index in [0.717, 1.165) is 5.69 Å². The van der Waals surface area contributed by atoms with Crippen molar-refractivity contribution in [1.29, 1.82) is 0 Å². The van der Waals surface area contributed by atoms with Gasteiger partial charge in [0.2, 0.25) is 0 Å². The lowest BCUT2D eigenvalue weighted by atomic mass is 9.88. The van der Waals surface area contributed by atoms with Gasteiger partial charge in [0.15, 0.2) is 5.69 Å². The maximum absolute atomic E-state index is 2.38. The first-order valence-corrected chi connectivity index (χ1v) is 20.0. The van der Waals surface area contributed by atoms with Crippen LogP contribution in [0.3, 0.4) is 0 Å². The molecule has 0 unspecified atom stereocenters. The summed E-state index contributed by atoms with van der Waals surface area (Å²) in [6.07, 6.45) is 0. The van der Waals surface area contributed by atoms with E-state index in [9.17, 15) is 0 Å². The van der Waals surface area contributed by atoms with Gasteiger partial charge in [-0.3, -0.25) is 0 Å². The zero-order valence-corrected chi connectivity index (χ0v) is 31.9. The minimum atomic E-state index is 0.404. The summed E-state index contributed by atoms with van der Waals surface area (Å²) in [5, 5.41) is 7.40. The lowest BCUT2D eigenvalue weighted by Gasteiger charge is -2.39. The van der Waals surface area contributed by atoms with Crippen molar-refractivity contribution in [2.45, 2.75) is 0 Å². The Morgan fingerprint density at radius 2 is 0.707 bits per heavy atom. The highest BCUT2D eigenvalue weighted by Crippen LogP contribution is 2.57. The number of para-hydroxylation sites is 4. The highest BCUT2D eigenvalue weighted by atomic mass is 15.4. The van der Waals surface area contributed by atoms with E-state index < -0.39 is 0 Å². The van der Waals surface area contributed by atoms with Gasteiger partial charge in [0.25, 0.3) is 0 Å². The van der Waals surface area contributed by atoms with Gasteiger partial charge in [-0.15, -0.1) is 0 Å². The topological polar surface area (TPSA) is 4.93 Å². The lowest BCUT2D eigenvalue weighted by Crippen LogP contribution is -2.33. The fourth-order valence-corrected chi connectivity index (χ4v) is 9.41. The Hall–Kier alpha value is -7.52. The first kappa shape index (κ1) is 33.8. The van der Waals surface area contributed by atoms with Crippen molar-refractivity contribution in [2.24, 2.45) is 0 Å². The molecule has 0 aliphatic heterocycles. The Bertz CT molecular complexity index is 3140. The summed E-state index contributed by atoms with van der Waals surface area (Å²) in [5.74, 6) is 0. The van der Waals surface area contributed by atoms with Crippen LogP contribution in [-0.4, -0.2) is 4.57 Å². The molecule has 0 bridgehead atoms. The van der Waals surface area contributed by atoms with E-state index in [-0.39, 0.29) is 0 Å². The molecule has 0 atom stereocenters. The molecule has 0 radical (unpaired) electrons. The predicted molar refractivity (Wildman–Crippen MR) is 247 cm³/mol. The molecule has 0 N–H and O–H groups in total. The van der Waals surface area contributed by atoms with Crippen LogP contribution in [0.2, 0.25) is 0 Å². The Morgan fingerprint density at radius 3 is 1.29 bits per heavy atom. The number of hydrogen-bond donors (Lipinski definition) is 0. The third kappa shape index (κ3) is 5.24. The molecule has 1 aromatic heterocycles. The van der Waals surface area contributed by atoms with Crippen molar-refractivity contribution in [3.8, 4) is 27.9 Å². The van der Waals surface area contributed by atoms with Crippen molar-refractivity contribution in [3.05, 3.63) is 237 Å². The summed E-state index contributed by atoms with van der Waals surface area (Å²) in [6.45, 7) is 0. The van der Waals surface area contributed by atoms with E-state index in [4.69, 9.17) is 0 Å². The van der Waals surface area contributed by atoms with Gasteiger partial charge in [0.1, 0.15) is 17.1 Å². The number of aromatic nitrogens is 1. The van der Waals surface area contributed by atoms with Gasteiger partial charge < -0.3 is 4.57 Å². The largest absolute Gasteiger partial charge is 0.309 e. The second kappa shape index (κ2) is 13.9. The SMILES string of the molecule is c1ccc(-c2c3ccccc3c([N+](c3ccccc3)(c3ccccc3)c3ccc(-c4ccc5c(c4)c4ccccc4n5-c4ccccc4)cc3)c3ccccc23)cc1. The van der Waals surface area contributed by atoms with Gasteiger partial charge in [-0.05, 0) is 87.6 Å². The van der Waals surface area contributed by atoms with E-state index in [2.05, 4.69) is 241 Å². The molecule has 1 heterocycles. The summed E-state index contributed by atoms with van der Waals surface area (Å²) in [5.41, 5.74) is 13.1. The minimum absolute atomic E-state index is 0.404. The number of nitrogens with zero attached hydrogens (tertiary/aromatic N) is 2. The molecule has 0 aliphatic carbocycles. The Morgan fingerprint density at radius 1 is 0.276 bits per heavy atom. The van der Waals surface area contributed by atoms with Gasteiger partial charge in [-0.1, -0.05) is 146 Å². The molecule has 2 heteroatoms. The van der Waals surface area contributed by atoms with Crippen molar-refractivity contribution >= 4 is 66.1 Å². The molecule has 0 fully saturated rings. The molecule has 0 aliphatic rings. The van der Waals surface area contributed by atoms with E-state index in [1.165, 1.54) is 88.4 Å². The lowest BCUT2D eigenvalue weighted by molar-refractivity contribution is 0.714. The quantitative estimate of drug-likeness (QED) is 0.113. The zero-order chi connectivity index (χ0) is 38.5. The van der Waals surface area contributed by atoms with Gasteiger partial charge in [-0.25, -0.2) is 0 Å². The molecule has 10 aromatic carbocycles. The third-order valence-corrected chi connectivity index (χ3v) is 11.9. The van der Waals surface area contributed by atoms with E-state index in [0.29, 0.717) is 4.48 Å². The average molecular weight is 740 g/mol. The van der Waals surface area contributed by atoms with Crippen molar-refractivity contribution < 1.29 is 0 Å². The number of hydrogen-bond acceptors (Lipinski definition) is 0. The van der Waals surface area contributed by atoms with Gasteiger partial charge >= 0.3 is 0 Å². The Balaban J connectivity index is 1.18. The van der Waals surface area contributed by atoms with Crippen LogP contribution in [0.25, 0.3) is 71.3 Å². The minimum Gasteiger partial charge on any atom is -0.309 e. The van der Waals surface area contributed by atoms with E-state index in [1.807, 2.05) is 0 Å². The molecular weight excluding hydrogens is 701 g/mol. The zero-order valence-electron chi connectivity index (χ0n) is 31.9. The second-order valence-corrected chi connectivity index (χ2v) is 15.0. The van der Waals surface area contributed by atoms with Crippen LogP contribution in [0.4, 0.5) is 22.7 Å². The normalized spacial score (nSPS) is 11.8. The number of benzene rings is 10. The smallest absolute Gasteiger partial charge is 0.164 e. The molecule has 11 aromatic rings. The molecule has 11 rings (SSSR count). The Kier molecular flexibility index (Phi) is 8.10. The van der Waals surface area contributed by atoms with Crippen molar-refractivity contribution in [1.82, 2.24) is 9.05 Å². The van der Waals surface area contributed by atoms with Crippen LogP contribution < -0.4 is 4.48 Å². The van der Waals surface area contributed by atoms with Crippen LogP contribution in [0.1, 0.15) is 0 Å². The summed E-state index contributed by atoms with van der Waals surface area (Å²) < 4.78 is 2.78. The monoisotopic (exact) mass is 739 g/mol. The summed E-state index contributed by atoms with van der Waals surface area (Å²) in [4.78, 5) is 0. The fourth-order valence-electron chi connectivity index (χ4n) is 9.41. The van der Waals surface area contributed by atoms with Crippen LogP contribution in [0.15, 0.2) is 237 Å². The first-order valence-electron chi connectivity index (χ1n) is 20.0. The Labute approximate surface area is 338 Å². The van der Waals surface area contributed by atoms with Gasteiger partial charge in [0, 0.05) is 63.6 Å². The third-order valence-electron chi connectivity index (χ3n) is 11.9. The molecule has 58 heavy (non-hydrogen) atoms. The van der Waals surface area contributed by atoms with Crippen molar-refractivity contribution in [2.75, 3.05) is 0 Å². The average Bonchev–Trinajstić information content (AvgIpc) is 3.64. The highest BCUT2D eigenvalue weighted by molar-refractivity contribution is 6.22. The number of fused-ring (bicyclic) bond motifs is 5. The molecule has 0 spiro atoms. The van der Waals surface area contributed by atoms with Crippen LogP contribution >= 0.6 is 0 Å². The number of rotatable bonds is 7. The molecule has 0 amide bonds.